The number of hydrogen-bond acceptors (Lipinski definition) is 6. The second kappa shape index (κ2) is 8.44. The highest BCUT2D eigenvalue weighted by Gasteiger charge is 2.30. The van der Waals surface area contributed by atoms with Gasteiger partial charge >= 0.3 is 0 Å². The number of rotatable bonds is 7. The van der Waals surface area contributed by atoms with Crippen molar-refractivity contribution in [2.45, 2.75) is 50.5 Å². The van der Waals surface area contributed by atoms with Crippen molar-refractivity contribution in [1.29, 1.82) is 0 Å². The number of hydrogen-bond donors (Lipinski definition) is 1. The van der Waals surface area contributed by atoms with E-state index in [-0.39, 0.29) is 0 Å². The van der Waals surface area contributed by atoms with Gasteiger partial charge in [-0.25, -0.2) is 0 Å². The van der Waals surface area contributed by atoms with Crippen molar-refractivity contribution in [2.75, 3.05) is 18.1 Å². The first kappa shape index (κ1) is 17.2. The van der Waals surface area contributed by atoms with E-state index in [1.54, 1.807) is 0 Å². The first-order valence-corrected chi connectivity index (χ1v) is 9.99. The largest absolute Gasteiger partial charge is 0.339 e. The van der Waals surface area contributed by atoms with Gasteiger partial charge in [0.2, 0.25) is 5.89 Å². The molecule has 1 saturated heterocycles. The summed E-state index contributed by atoms with van der Waals surface area (Å²) in [5.74, 6) is 5.13. The normalized spacial score (nSPS) is 24.4. The molecule has 0 bridgehead atoms. The van der Waals surface area contributed by atoms with Crippen molar-refractivity contribution in [1.82, 2.24) is 10.1 Å². The average molecular weight is 330 g/mol. The molecule has 2 heterocycles. The Labute approximate surface area is 136 Å². The van der Waals surface area contributed by atoms with Gasteiger partial charge in [0.05, 0.1) is 5.25 Å². The van der Waals surface area contributed by atoms with E-state index >= 15 is 0 Å². The molecular weight excluding hydrogens is 302 g/mol. The summed E-state index contributed by atoms with van der Waals surface area (Å²) in [4.78, 5) is 4.66. The van der Waals surface area contributed by atoms with Gasteiger partial charge in [-0.1, -0.05) is 25.9 Å². The molecule has 0 aromatic carbocycles. The van der Waals surface area contributed by atoms with Crippen molar-refractivity contribution in [2.24, 2.45) is 17.6 Å². The van der Waals surface area contributed by atoms with Gasteiger partial charge in [0.25, 0.3) is 0 Å². The van der Waals surface area contributed by atoms with Crippen LogP contribution in [0, 0.1) is 11.8 Å². The van der Waals surface area contributed by atoms with Crippen LogP contribution in [-0.4, -0.2) is 33.4 Å². The third-order valence-electron chi connectivity index (χ3n) is 3.79. The molecule has 1 aromatic rings. The zero-order valence-electron chi connectivity index (χ0n) is 13.2. The van der Waals surface area contributed by atoms with Crippen LogP contribution in [0.3, 0.4) is 0 Å². The maximum absolute atomic E-state index is 5.86. The summed E-state index contributed by atoms with van der Waals surface area (Å²) in [6.45, 7) is 7.37. The molecule has 3 unspecified atom stereocenters. The molecule has 6 heteroatoms. The van der Waals surface area contributed by atoms with E-state index in [9.17, 15) is 0 Å². The Morgan fingerprint density at radius 1 is 1.33 bits per heavy atom. The maximum Gasteiger partial charge on any atom is 0.227 e. The van der Waals surface area contributed by atoms with Gasteiger partial charge in [-0.3, -0.25) is 0 Å². The first-order valence-electron chi connectivity index (χ1n) is 7.89. The first-order chi connectivity index (χ1) is 10.1. The van der Waals surface area contributed by atoms with Crippen LogP contribution in [-0.2, 0) is 6.42 Å². The van der Waals surface area contributed by atoms with E-state index in [2.05, 4.69) is 30.9 Å². The minimum Gasteiger partial charge on any atom is -0.339 e. The molecule has 3 atom stereocenters. The predicted octanol–water partition coefficient (Wildman–Crippen LogP) is 3.53. The van der Waals surface area contributed by atoms with Crippen LogP contribution < -0.4 is 5.73 Å². The number of aromatic nitrogens is 2. The Kier molecular flexibility index (Phi) is 6.89. The predicted molar refractivity (Wildman–Crippen MR) is 91.7 cm³/mol. The summed E-state index contributed by atoms with van der Waals surface area (Å²) in [5, 5.41) is 5.23. The molecule has 2 rings (SSSR count). The highest BCUT2D eigenvalue weighted by Crippen LogP contribution is 2.42. The second-order valence-electron chi connectivity index (χ2n) is 6.09. The van der Waals surface area contributed by atoms with Gasteiger partial charge in [-0.2, -0.15) is 16.7 Å². The zero-order chi connectivity index (χ0) is 15.2. The van der Waals surface area contributed by atoms with Crippen molar-refractivity contribution in [3.05, 3.63) is 11.7 Å². The van der Waals surface area contributed by atoms with E-state index in [0.717, 1.165) is 31.0 Å². The lowest BCUT2D eigenvalue weighted by Crippen LogP contribution is -2.20. The van der Waals surface area contributed by atoms with Crippen molar-refractivity contribution in [3.63, 3.8) is 0 Å². The molecule has 1 aromatic heterocycles. The van der Waals surface area contributed by atoms with E-state index in [1.807, 2.05) is 23.5 Å². The summed E-state index contributed by atoms with van der Waals surface area (Å²) in [7, 11) is 0. The lowest BCUT2D eigenvalue weighted by atomic mass is 9.94. The van der Waals surface area contributed by atoms with Crippen LogP contribution in [0.5, 0.6) is 0 Å². The molecule has 1 aliphatic heterocycles. The third-order valence-corrected chi connectivity index (χ3v) is 7.03. The fourth-order valence-electron chi connectivity index (χ4n) is 2.79. The summed E-state index contributed by atoms with van der Waals surface area (Å²) in [6, 6.07) is 0. The molecule has 2 N–H and O–H groups in total. The van der Waals surface area contributed by atoms with Crippen LogP contribution in [0.2, 0.25) is 0 Å². The zero-order valence-corrected chi connectivity index (χ0v) is 14.9. The lowest BCUT2D eigenvalue weighted by Gasteiger charge is -2.27. The Morgan fingerprint density at radius 2 is 2.10 bits per heavy atom. The van der Waals surface area contributed by atoms with Gasteiger partial charge in [0.15, 0.2) is 5.82 Å². The third kappa shape index (κ3) is 4.89. The van der Waals surface area contributed by atoms with Crippen molar-refractivity contribution >= 4 is 23.5 Å². The molecule has 0 amide bonds. The van der Waals surface area contributed by atoms with Crippen molar-refractivity contribution in [3.8, 4) is 0 Å². The Bertz CT molecular complexity index is 425. The van der Waals surface area contributed by atoms with Crippen LogP contribution in [0.1, 0.15) is 50.6 Å². The highest BCUT2D eigenvalue weighted by atomic mass is 32.2. The Balaban J connectivity index is 1.99. The van der Waals surface area contributed by atoms with E-state index in [1.165, 1.54) is 11.5 Å². The quantitative estimate of drug-likeness (QED) is 0.825. The Morgan fingerprint density at radius 3 is 2.76 bits per heavy atom. The molecule has 120 valence electrons. The van der Waals surface area contributed by atoms with Gasteiger partial charge in [0, 0.05) is 23.2 Å². The summed E-state index contributed by atoms with van der Waals surface area (Å²) in [5.41, 5.74) is 5.86. The molecule has 21 heavy (non-hydrogen) atoms. The monoisotopic (exact) mass is 329 g/mol. The fraction of sp³-hybridized carbons (Fsp3) is 0.867. The SMILES string of the molecule is CCC1SCCSC1c1noc(CC(CN)CC(C)C)n1. The summed E-state index contributed by atoms with van der Waals surface area (Å²) < 4.78 is 5.49. The molecule has 1 fully saturated rings. The minimum atomic E-state index is 0.382. The molecule has 0 aliphatic carbocycles. The maximum atomic E-state index is 5.86. The Hall–Kier alpha value is -0.200. The molecular formula is C15H27N3OS2. The standard InChI is InChI=1S/C15H27N3OS2/c1-4-12-14(21-6-5-20-12)15-17-13(19-18-15)8-11(9-16)7-10(2)3/h10-12,14H,4-9,16H2,1-3H3. The van der Waals surface area contributed by atoms with Crippen LogP contribution in [0.4, 0.5) is 0 Å². The van der Waals surface area contributed by atoms with E-state index in [0.29, 0.717) is 28.9 Å². The molecule has 0 radical (unpaired) electrons. The van der Waals surface area contributed by atoms with Crippen molar-refractivity contribution < 1.29 is 4.52 Å². The highest BCUT2D eigenvalue weighted by molar-refractivity contribution is 8.06. The molecule has 4 nitrogen and oxygen atoms in total. The number of nitrogens with two attached hydrogens (primary N) is 1. The van der Waals surface area contributed by atoms with E-state index < -0.39 is 0 Å². The topological polar surface area (TPSA) is 64.9 Å². The van der Waals surface area contributed by atoms with Crippen LogP contribution in [0.25, 0.3) is 0 Å². The van der Waals surface area contributed by atoms with Gasteiger partial charge in [-0.05, 0) is 31.2 Å². The second-order valence-corrected chi connectivity index (χ2v) is 8.69. The fourth-order valence-corrected chi connectivity index (χ4v) is 5.77. The molecule has 0 spiro atoms. The lowest BCUT2D eigenvalue weighted by molar-refractivity contribution is 0.329. The summed E-state index contributed by atoms with van der Waals surface area (Å²) in [6.07, 6.45) is 3.08. The van der Waals surface area contributed by atoms with Crippen LogP contribution in [0.15, 0.2) is 4.52 Å². The molecule has 1 aliphatic rings. The summed E-state index contributed by atoms with van der Waals surface area (Å²) >= 11 is 4.01. The average Bonchev–Trinajstić information content (AvgIpc) is 2.94. The minimum absolute atomic E-state index is 0.382. The molecule has 0 saturated carbocycles. The van der Waals surface area contributed by atoms with Crippen LogP contribution >= 0.6 is 23.5 Å². The smallest absolute Gasteiger partial charge is 0.227 e. The van der Waals surface area contributed by atoms with E-state index in [4.69, 9.17) is 10.3 Å². The number of thioether (sulfide) groups is 2. The van der Waals surface area contributed by atoms with Gasteiger partial charge < -0.3 is 10.3 Å². The van der Waals surface area contributed by atoms with Gasteiger partial charge in [-0.15, -0.1) is 11.8 Å². The van der Waals surface area contributed by atoms with Gasteiger partial charge in [0.1, 0.15) is 0 Å². The number of nitrogens with zero attached hydrogens (tertiary/aromatic N) is 2.